The van der Waals surface area contributed by atoms with Gasteiger partial charge >= 0.3 is 6.09 Å². The molecule has 1 amide bonds. The summed E-state index contributed by atoms with van der Waals surface area (Å²) >= 11 is 9.76. The third kappa shape index (κ3) is 5.23. The molecule has 3 aromatic rings. The van der Waals surface area contributed by atoms with Gasteiger partial charge in [0.25, 0.3) is 5.56 Å². The first kappa shape index (κ1) is 22.6. The number of ether oxygens (including phenoxy) is 2. The van der Waals surface area contributed by atoms with Gasteiger partial charge in [0, 0.05) is 30.1 Å². The molecule has 1 aromatic heterocycles. The quantitative estimate of drug-likeness (QED) is 0.513. The van der Waals surface area contributed by atoms with E-state index < -0.39 is 0 Å². The van der Waals surface area contributed by atoms with Crippen molar-refractivity contribution in [1.29, 1.82) is 0 Å². The number of nitrogens with one attached hydrogen (secondary N) is 2. The van der Waals surface area contributed by atoms with E-state index in [4.69, 9.17) is 21.1 Å². The maximum atomic E-state index is 12.5. The molecule has 2 heterocycles. The largest absolute Gasteiger partial charge is 0.491 e. The Morgan fingerprint density at radius 3 is 2.94 bits per heavy atom. The number of nitrogens with zero attached hydrogens (tertiary/aromatic N) is 2. The molecule has 1 aliphatic heterocycles. The van der Waals surface area contributed by atoms with Crippen LogP contribution < -0.4 is 15.6 Å². The lowest BCUT2D eigenvalue weighted by Crippen LogP contribution is -2.53. The number of aromatic nitrogens is 2. The van der Waals surface area contributed by atoms with Crippen LogP contribution in [-0.2, 0) is 11.3 Å². The van der Waals surface area contributed by atoms with Crippen LogP contribution in [0.2, 0.25) is 5.02 Å². The van der Waals surface area contributed by atoms with Gasteiger partial charge in [0.15, 0.2) is 5.75 Å². The standard InChI is InChI=1S/C22H22BrClN4O4/c23-16-10-17-18(21(29)27-13-26-17)20(19(16)24)31-9-6-15-11-28(8-7-25-15)22(30)32-12-14-4-2-1-3-5-14/h1-5,10,13,15,25H,6-9,11-12H2,(H,26,27,29). The van der Waals surface area contributed by atoms with Crippen LogP contribution in [0, 0.1) is 0 Å². The molecule has 2 aromatic carbocycles. The molecular formula is C22H22BrClN4O4. The van der Waals surface area contributed by atoms with Crippen molar-refractivity contribution < 1.29 is 14.3 Å². The number of rotatable bonds is 6. The number of halogens is 2. The summed E-state index contributed by atoms with van der Waals surface area (Å²) in [5.74, 6) is 0.292. The fraction of sp³-hybridized carbons (Fsp3) is 0.318. The molecule has 2 N–H and O–H groups in total. The highest BCUT2D eigenvalue weighted by molar-refractivity contribution is 9.10. The molecule has 1 fully saturated rings. The van der Waals surface area contributed by atoms with E-state index in [1.807, 2.05) is 30.3 Å². The summed E-state index contributed by atoms with van der Waals surface area (Å²) < 4.78 is 12.0. The maximum Gasteiger partial charge on any atom is 0.410 e. The van der Waals surface area contributed by atoms with E-state index >= 15 is 0 Å². The van der Waals surface area contributed by atoms with Crippen molar-refractivity contribution in [2.45, 2.75) is 19.1 Å². The van der Waals surface area contributed by atoms with Gasteiger partial charge in [-0.05, 0) is 34.0 Å². The second kappa shape index (κ2) is 10.3. The molecule has 0 spiro atoms. The second-order valence-electron chi connectivity index (χ2n) is 7.40. The van der Waals surface area contributed by atoms with Crippen molar-refractivity contribution in [3.63, 3.8) is 0 Å². The van der Waals surface area contributed by atoms with Gasteiger partial charge in [-0.1, -0.05) is 41.9 Å². The minimum absolute atomic E-state index is 0.0293. The van der Waals surface area contributed by atoms with Crippen LogP contribution in [-0.4, -0.2) is 53.2 Å². The lowest BCUT2D eigenvalue weighted by Gasteiger charge is -2.33. The molecule has 1 unspecified atom stereocenters. The van der Waals surface area contributed by atoms with Crippen molar-refractivity contribution in [3.8, 4) is 5.75 Å². The van der Waals surface area contributed by atoms with E-state index in [9.17, 15) is 9.59 Å². The molecule has 1 atom stereocenters. The zero-order valence-electron chi connectivity index (χ0n) is 17.1. The summed E-state index contributed by atoms with van der Waals surface area (Å²) in [4.78, 5) is 33.2. The molecule has 4 rings (SSSR count). The smallest absolute Gasteiger partial charge is 0.410 e. The molecule has 10 heteroatoms. The highest BCUT2D eigenvalue weighted by Gasteiger charge is 2.24. The monoisotopic (exact) mass is 520 g/mol. The Bertz CT molecular complexity index is 1160. The van der Waals surface area contributed by atoms with Crippen LogP contribution in [0.15, 0.2) is 52.0 Å². The van der Waals surface area contributed by atoms with Gasteiger partial charge in [-0.25, -0.2) is 9.78 Å². The van der Waals surface area contributed by atoms with Crippen molar-refractivity contribution in [2.75, 3.05) is 26.2 Å². The summed E-state index contributed by atoms with van der Waals surface area (Å²) in [5, 5.41) is 4.01. The number of hydrogen-bond acceptors (Lipinski definition) is 6. The van der Waals surface area contributed by atoms with Crippen molar-refractivity contribution in [3.05, 3.63) is 68.1 Å². The first-order valence-corrected chi connectivity index (χ1v) is 11.4. The van der Waals surface area contributed by atoms with Crippen LogP contribution in [0.25, 0.3) is 10.9 Å². The van der Waals surface area contributed by atoms with Gasteiger partial charge in [0.2, 0.25) is 0 Å². The maximum absolute atomic E-state index is 12.5. The normalized spacial score (nSPS) is 16.2. The Kier molecular flexibility index (Phi) is 7.29. The van der Waals surface area contributed by atoms with E-state index in [0.29, 0.717) is 58.8 Å². The topological polar surface area (TPSA) is 96.5 Å². The van der Waals surface area contributed by atoms with E-state index in [1.165, 1.54) is 6.33 Å². The average Bonchev–Trinajstić information content (AvgIpc) is 2.81. The van der Waals surface area contributed by atoms with Crippen molar-refractivity contribution in [1.82, 2.24) is 20.2 Å². The second-order valence-corrected chi connectivity index (χ2v) is 8.63. The van der Waals surface area contributed by atoms with E-state index in [2.05, 4.69) is 31.2 Å². The fourth-order valence-corrected chi connectivity index (χ4v) is 4.18. The van der Waals surface area contributed by atoms with Crippen molar-refractivity contribution in [2.24, 2.45) is 0 Å². The number of H-pyrrole nitrogens is 1. The Hall–Kier alpha value is -2.62. The molecule has 8 nitrogen and oxygen atoms in total. The fourth-order valence-electron chi connectivity index (χ4n) is 3.58. The number of amides is 1. The summed E-state index contributed by atoms with van der Waals surface area (Å²) in [6.07, 6.45) is 1.62. The summed E-state index contributed by atoms with van der Waals surface area (Å²) in [6, 6.07) is 11.3. The van der Waals surface area contributed by atoms with Crippen LogP contribution in [0.4, 0.5) is 4.79 Å². The molecule has 0 saturated carbocycles. The van der Waals surface area contributed by atoms with Gasteiger partial charge in [0.05, 0.1) is 23.5 Å². The average molecular weight is 522 g/mol. The van der Waals surface area contributed by atoms with Crippen LogP contribution in [0.1, 0.15) is 12.0 Å². The summed E-state index contributed by atoms with van der Waals surface area (Å²) in [5.41, 5.74) is 1.12. The summed E-state index contributed by atoms with van der Waals surface area (Å²) in [6.45, 7) is 2.30. The van der Waals surface area contributed by atoms with Crippen molar-refractivity contribution >= 4 is 44.5 Å². The zero-order valence-corrected chi connectivity index (χ0v) is 19.5. The Labute approximate surface area is 198 Å². The van der Waals surface area contributed by atoms with Crippen LogP contribution >= 0.6 is 27.5 Å². The first-order valence-electron chi connectivity index (χ1n) is 10.2. The van der Waals surface area contributed by atoms with Crippen LogP contribution in [0.5, 0.6) is 5.75 Å². The van der Waals surface area contributed by atoms with Gasteiger partial charge < -0.3 is 24.7 Å². The highest BCUT2D eigenvalue weighted by atomic mass is 79.9. The van der Waals surface area contributed by atoms with Gasteiger partial charge in [0.1, 0.15) is 12.0 Å². The zero-order chi connectivity index (χ0) is 22.5. The van der Waals surface area contributed by atoms with Gasteiger partial charge in [-0.3, -0.25) is 4.79 Å². The summed E-state index contributed by atoms with van der Waals surface area (Å²) in [7, 11) is 0. The Morgan fingerprint density at radius 1 is 1.31 bits per heavy atom. The number of hydrogen-bond donors (Lipinski definition) is 2. The van der Waals surface area contributed by atoms with Gasteiger partial charge in [-0.2, -0.15) is 0 Å². The first-order chi connectivity index (χ1) is 15.5. The number of fused-ring (bicyclic) bond motifs is 1. The minimum Gasteiger partial charge on any atom is -0.491 e. The minimum atomic E-state index is -0.333. The third-order valence-electron chi connectivity index (χ3n) is 5.21. The van der Waals surface area contributed by atoms with E-state index in [0.717, 1.165) is 5.56 Å². The number of benzene rings is 2. The number of piperazine rings is 1. The van der Waals surface area contributed by atoms with Crippen LogP contribution in [0.3, 0.4) is 0 Å². The molecule has 168 valence electrons. The predicted octanol–water partition coefficient (Wildman–Crippen LogP) is 3.72. The molecule has 0 radical (unpaired) electrons. The third-order valence-corrected chi connectivity index (χ3v) is 6.44. The molecule has 0 aliphatic carbocycles. The number of aromatic amines is 1. The number of carbonyl (C=O) groups excluding carboxylic acids is 1. The molecule has 32 heavy (non-hydrogen) atoms. The SMILES string of the molecule is O=C(OCc1ccccc1)N1CCNC(CCOc2c(Cl)c(Br)cc3nc[nH]c(=O)c23)C1. The molecule has 0 bridgehead atoms. The number of carbonyl (C=O) groups is 1. The van der Waals surface area contributed by atoms with E-state index in [1.54, 1.807) is 11.0 Å². The highest BCUT2D eigenvalue weighted by Crippen LogP contribution is 2.37. The lowest BCUT2D eigenvalue weighted by molar-refractivity contribution is 0.0827. The van der Waals surface area contributed by atoms with Gasteiger partial charge in [-0.15, -0.1) is 0 Å². The molecular weight excluding hydrogens is 500 g/mol. The molecule has 1 aliphatic rings. The molecule has 1 saturated heterocycles. The Balaban J connectivity index is 1.34. The lowest BCUT2D eigenvalue weighted by atomic mass is 10.1. The predicted molar refractivity (Wildman–Crippen MR) is 125 cm³/mol. The van der Waals surface area contributed by atoms with E-state index in [-0.39, 0.29) is 24.3 Å². The Morgan fingerprint density at radius 2 is 2.12 bits per heavy atom.